The molecule has 134 valence electrons. The Hall–Kier alpha value is -3.00. The quantitative estimate of drug-likeness (QED) is 0.558. The summed E-state index contributed by atoms with van der Waals surface area (Å²) in [5, 5.41) is 17.6. The first kappa shape index (κ1) is 16.5. The largest absolute Gasteiger partial charge is 0.477 e. The number of hydrogen-bond acceptors (Lipinski definition) is 5. The summed E-state index contributed by atoms with van der Waals surface area (Å²) in [5.74, 6) is -0.915. The number of carboxylic acids is 1. The number of H-pyrrole nitrogens is 1. The van der Waals surface area contributed by atoms with Gasteiger partial charge in [-0.15, -0.1) is 0 Å². The van der Waals surface area contributed by atoms with Gasteiger partial charge >= 0.3 is 5.97 Å². The maximum Gasteiger partial charge on any atom is 0.354 e. The van der Waals surface area contributed by atoms with Gasteiger partial charge in [-0.3, -0.25) is 9.67 Å². The molecule has 0 atom stereocenters. The third-order valence-electron chi connectivity index (χ3n) is 4.65. The first-order chi connectivity index (χ1) is 12.7. The molecule has 1 aliphatic rings. The molecule has 3 aromatic rings. The minimum Gasteiger partial charge on any atom is -0.477 e. The molecule has 8 nitrogen and oxygen atoms in total. The number of aromatic nitrogens is 5. The zero-order chi connectivity index (χ0) is 17.9. The van der Waals surface area contributed by atoms with E-state index in [1.54, 1.807) is 23.4 Å². The second-order valence-corrected chi connectivity index (χ2v) is 6.34. The number of carboxylic acid groups (broad SMARTS) is 1. The Morgan fingerprint density at radius 2 is 2.23 bits per heavy atom. The molecule has 0 radical (unpaired) electrons. The minimum absolute atomic E-state index is 0.316. The summed E-state index contributed by atoms with van der Waals surface area (Å²) >= 11 is 0. The molecular weight excluding hydrogens is 332 g/mol. The zero-order valence-electron chi connectivity index (χ0n) is 14.3. The van der Waals surface area contributed by atoms with Crippen molar-refractivity contribution in [3.05, 3.63) is 53.5 Å². The molecule has 0 saturated heterocycles. The van der Waals surface area contributed by atoms with E-state index in [1.165, 1.54) is 0 Å². The Balaban J connectivity index is 1.48. The lowest BCUT2D eigenvalue weighted by molar-refractivity contribution is 0.0681. The molecule has 1 aliphatic carbocycles. The second kappa shape index (κ2) is 7.09. The first-order valence-electron chi connectivity index (χ1n) is 8.68. The molecule has 0 unspecified atom stereocenters. The minimum atomic E-state index is -0.915. The summed E-state index contributed by atoms with van der Waals surface area (Å²) < 4.78 is 1.64. The van der Waals surface area contributed by atoms with Crippen LogP contribution in [0.25, 0.3) is 11.3 Å². The highest BCUT2D eigenvalue weighted by Crippen LogP contribution is 2.34. The molecule has 3 aromatic heterocycles. The molecule has 0 saturated carbocycles. The molecule has 4 rings (SSSR count). The Bertz CT molecular complexity index is 916. The molecule has 0 amide bonds. The number of imidazole rings is 1. The van der Waals surface area contributed by atoms with Crippen LogP contribution in [-0.2, 0) is 25.9 Å². The number of aromatic carboxylic acids is 1. The van der Waals surface area contributed by atoms with Gasteiger partial charge in [-0.1, -0.05) is 0 Å². The molecule has 26 heavy (non-hydrogen) atoms. The number of nitrogens with zero attached hydrogens (tertiary/aromatic N) is 4. The lowest BCUT2D eigenvalue weighted by atomic mass is 9.90. The average molecular weight is 352 g/mol. The van der Waals surface area contributed by atoms with E-state index in [0.717, 1.165) is 47.5 Å². The van der Waals surface area contributed by atoms with Crippen molar-refractivity contribution < 1.29 is 9.90 Å². The monoisotopic (exact) mass is 352 g/mol. The molecule has 0 fully saturated rings. The van der Waals surface area contributed by atoms with Gasteiger partial charge in [0, 0.05) is 48.5 Å². The third-order valence-corrected chi connectivity index (χ3v) is 4.65. The van der Waals surface area contributed by atoms with Gasteiger partial charge in [0.25, 0.3) is 0 Å². The summed E-state index contributed by atoms with van der Waals surface area (Å²) in [6, 6.07) is 1.92. The van der Waals surface area contributed by atoms with E-state index in [1.807, 2.05) is 12.3 Å². The molecule has 0 aromatic carbocycles. The molecule has 0 spiro atoms. The predicted molar refractivity (Wildman–Crippen MR) is 94.7 cm³/mol. The van der Waals surface area contributed by atoms with Crippen LogP contribution in [0.15, 0.2) is 31.0 Å². The number of hydrogen-bond donors (Lipinski definition) is 3. The Labute approximate surface area is 150 Å². The third kappa shape index (κ3) is 3.11. The van der Waals surface area contributed by atoms with Gasteiger partial charge in [-0.2, -0.15) is 5.10 Å². The van der Waals surface area contributed by atoms with Gasteiger partial charge in [-0.25, -0.2) is 9.78 Å². The number of carbonyl (C=O) groups is 1. The van der Waals surface area contributed by atoms with E-state index in [2.05, 4.69) is 25.4 Å². The van der Waals surface area contributed by atoms with Crippen molar-refractivity contribution in [1.82, 2.24) is 30.0 Å². The van der Waals surface area contributed by atoms with Crippen molar-refractivity contribution in [3.63, 3.8) is 0 Å². The molecular formula is C18H20N6O2. The molecule has 8 heteroatoms. The standard InChI is InChI=1S/C18H20N6O2/c25-18(26)17-15-3-2-12-8-20-6-4-14(12)16(15)23-24(17)7-1-5-19-9-13-10-21-11-22-13/h4,6,8,10-11,19H,1-3,5,7,9H2,(H,21,22)(H,25,26). The highest BCUT2D eigenvalue weighted by atomic mass is 16.4. The Morgan fingerprint density at radius 1 is 1.31 bits per heavy atom. The SMILES string of the molecule is O=C(O)c1c2c(nn1CCCNCc1cnc[nH]1)-c1ccncc1CC2. The van der Waals surface area contributed by atoms with E-state index in [4.69, 9.17) is 0 Å². The van der Waals surface area contributed by atoms with Crippen LogP contribution in [-0.4, -0.2) is 42.4 Å². The summed E-state index contributed by atoms with van der Waals surface area (Å²) in [6.07, 6.45) is 9.28. The van der Waals surface area contributed by atoms with Crippen LogP contribution >= 0.6 is 0 Å². The summed E-state index contributed by atoms with van der Waals surface area (Å²) in [6.45, 7) is 2.04. The molecule has 0 bridgehead atoms. The van der Waals surface area contributed by atoms with E-state index in [0.29, 0.717) is 25.2 Å². The van der Waals surface area contributed by atoms with E-state index >= 15 is 0 Å². The van der Waals surface area contributed by atoms with Crippen LogP contribution < -0.4 is 5.32 Å². The van der Waals surface area contributed by atoms with Gasteiger partial charge in [0.05, 0.1) is 12.0 Å². The Morgan fingerprint density at radius 3 is 3.04 bits per heavy atom. The van der Waals surface area contributed by atoms with Crippen LogP contribution in [0, 0.1) is 0 Å². The van der Waals surface area contributed by atoms with Gasteiger partial charge in [0.15, 0.2) is 0 Å². The fourth-order valence-corrected chi connectivity index (χ4v) is 3.43. The van der Waals surface area contributed by atoms with Gasteiger partial charge < -0.3 is 15.4 Å². The summed E-state index contributed by atoms with van der Waals surface area (Å²) in [4.78, 5) is 23.0. The zero-order valence-corrected chi connectivity index (χ0v) is 14.3. The van der Waals surface area contributed by atoms with Crippen LogP contribution in [0.2, 0.25) is 0 Å². The molecule has 0 aliphatic heterocycles. The van der Waals surface area contributed by atoms with Gasteiger partial charge in [0.2, 0.25) is 0 Å². The van der Waals surface area contributed by atoms with E-state index in [-0.39, 0.29) is 0 Å². The number of fused-ring (bicyclic) bond motifs is 3. The predicted octanol–water partition coefficient (Wildman–Crippen LogP) is 1.64. The Kier molecular flexibility index (Phi) is 4.49. The highest BCUT2D eigenvalue weighted by molar-refractivity contribution is 5.90. The second-order valence-electron chi connectivity index (χ2n) is 6.34. The molecule has 3 N–H and O–H groups in total. The number of nitrogens with one attached hydrogen (secondary N) is 2. The summed E-state index contributed by atoms with van der Waals surface area (Å²) in [7, 11) is 0. The lowest BCUT2D eigenvalue weighted by Gasteiger charge is -2.14. The topological polar surface area (TPSA) is 109 Å². The van der Waals surface area contributed by atoms with Crippen LogP contribution in [0.3, 0.4) is 0 Å². The number of rotatable bonds is 7. The van der Waals surface area contributed by atoms with E-state index in [9.17, 15) is 9.90 Å². The van der Waals surface area contributed by atoms with Crippen molar-refractivity contribution in [2.24, 2.45) is 0 Å². The summed E-state index contributed by atoms with van der Waals surface area (Å²) in [5.41, 5.74) is 5.09. The van der Waals surface area contributed by atoms with Crippen LogP contribution in [0.1, 0.15) is 33.7 Å². The maximum atomic E-state index is 11.8. The van der Waals surface area contributed by atoms with E-state index < -0.39 is 5.97 Å². The number of pyridine rings is 1. The van der Waals surface area contributed by atoms with Crippen LogP contribution in [0.4, 0.5) is 0 Å². The fraction of sp³-hybridized carbons (Fsp3) is 0.333. The average Bonchev–Trinajstić information content (AvgIpc) is 3.28. The highest BCUT2D eigenvalue weighted by Gasteiger charge is 2.27. The maximum absolute atomic E-state index is 11.8. The number of aromatic amines is 1. The fourth-order valence-electron chi connectivity index (χ4n) is 3.43. The van der Waals surface area contributed by atoms with Crippen molar-refractivity contribution >= 4 is 5.97 Å². The lowest BCUT2D eigenvalue weighted by Crippen LogP contribution is -2.19. The van der Waals surface area contributed by atoms with Crippen molar-refractivity contribution in [1.29, 1.82) is 0 Å². The van der Waals surface area contributed by atoms with Gasteiger partial charge in [0.1, 0.15) is 5.69 Å². The van der Waals surface area contributed by atoms with Crippen molar-refractivity contribution in [2.75, 3.05) is 6.54 Å². The normalized spacial score (nSPS) is 12.6. The van der Waals surface area contributed by atoms with Crippen molar-refractivity contribution in [3.8, 4) is 11.3 Å². The smallest absolute Gasteiger partial charge is 0.354 e. The molecule has 3 heterocycles. The first-order valence-corrected chi connectivity index (χ1v) is 8.68. The van der Waals surface area contributed by atoms with Crippen LogP contribution in [0.5, 0.6) is 0 Å². The number of aryl methyl sites for hydroxylation is 2. The van der Waals surface area contributed by atoms with Gasteiger partial charge in [-0.05, 0) is 37.4 Å². The van der Waals surface area contributed by atoms with Crippen molar-refractivity contribution in [2.45, 2.75) is 32.4 Å².